The zero-order chi connectivity index (χ0) is 18.6. The summed E-state index contributed by atoms with van der Waals surface area (Å²) in [7, 11) is 0.0196. The first-order chi connectivity index (χ1) is 13.3. The maximum Gasteiger partial charge on any atom is 0.576 e. The molecule has 0 atom stereocenters. The number of nitrogens with zero attached hydrogens (tertiary/aromatic N) is 2. The smallest absolute Gasteiger partial charge is 0.528 e. The molecule has 5 heteroatoms. The number of hydrogen-bond donors (Lipinski definition) is 0. The SMILES string of the molecule is N#Cc1ccc(OBOc2ccc(C#N)c3ccccc23)c2ccccc12. The molecule has 4 nitrogen and oxygen atoms in total. The van der Waals surface area contributed by atoms with Gasteiger partial charge in [-0.2, -0.15) is 10.5 Å². The molecule has 4 rings (SSSR count). The molecule has 0 aliphatic heterocycles. The monoisotopic (exact) mass is 348 g/mol. The Morgan fingerprint density at radius 3 is 1.37 bits per heavy atom. The molecule has 0 unspecified atom stereocenters. The van der Waals surface area contributed by atoms with E-state index in [0.717, 1.165) is 21.5 Å². The Hall–Kier alpha value is -3.96. The summed E-state index contributed by atoms with van der Waals surface area (Å²) in [4.78, 5) is 0. The second-order valence-electron chi connectivity index (χ2n) is 5.94. The van der Waals surface area contributed by atoms with Crippen LogP contribution in [0.3, 0.4) is 0 Å². The number of nitriles is 2. The van der Waals surface area contributed by atoms with E-state index in [9.17, 15) is 10.5 Å². The molecule has 0 aliphatic carbocycles. The summed E-state index contributed by atoms with van der Waals surface area (Å²) in [6.07, 6.45) is 0. The highest BCUT2D eigenvalue weighted by molar-refractivity contribution is 6.22. The van der Waals surface area contributed by atoms with Crippen LogP contribution in [0, 0.1) is 22.7 Å². The van der Waals surface area contributed by atoms with Crippen LogP contribution in [0.5, 0.6) is 11.5 Å². The third-order valence-corrected chi connectivity index (χ3v) is 4.44. The fraction of sp³-hybridized carbons (Fsp3) is 0. The minimum Gasteiger partial charge on any atom is -0.528 e. The highest BCUT2D eigenvalue weighted by Crippen LogP contribution is 2.30. The summed E-state index contributed by atoms with van der Waals surface area (Å²) < 4.78 is 11.7. The van der Waals surface area contributed by atoms with Gasteiger partial charge in [0.15, 0.2) is 0 Å². The number of rotatable bonds is 4. The maximum atomic E-state index is 9.26. The molecule has 0 aromatic heterocycles. The van der Waals surface area contributed by atoms with Crippen LogP contribution < -0.4 is 9.31 Å². The van der Waals surface area contributed by atoms with Crippen LogP contribution >= 0.6 is 0 Å². The summed E-state index contributed by atoms with van der Waals surface area (Å²) >= 11 is 0. The van der Waals surface area contributed by atoms with E-state index >= 15 is 0 Å². The number of hydrogen-bond acceptors (Lipinski definition) is 4. The third kappa shape index (κ3) is 3.03. The highest BCUT2D eigenvalue weighted by atomic mass is 16.6. The highest BCUT2D eigenvalue weighted by Gasteiger charge is 2.10. The Morgan fingerprint density at radius 2 is 0.963 bits per heavy atom. The molecule has 4 aromatic rings. The molecule has 0 heterocycles. The van der Waals surface area contributed by atoms with Crippen LogP contribution in [0.1, 0.15) is 11.1 Å². The van der Waals surface area contributed by atoms with E-state index in [4.69, 9.17) is 9.31 Å². The molecule has 0 saturated heterocycles. The summed E-state index contributed by atoms with van der Waals surface area (Å²) in [5.41, 5.74) is 1.22. The van der Waals surface area contributed by atoms with Crippen LogP contribution in [-0.2, 0) is 0 Å². The molecule has 0 bridgehead atoms. The second-order valence-corrected chi connectivity index (χ2v) is 5.94. The van der Waals surface area contributed by atoms with Crippen molar-refractivity contribution in [3.63, 3.8) is 0 Å². The molecule has 0 spiro atoms. The minimum atomic E-state index is 0.0196. The van der Waals surface area contributed by atoms with Crippen LogP contribution in [0.2, 0.25) is 0 Å². The lowest BCUT2D eigenvalue weighted by molar-refractivity contribution is 0.465. The lowest BCUT2D eigenvalue weighted by Gasteiger charge is -2.12. The van der Waals surface area contributed by atoms with Gasteiger partial charge >= 0.3 is 7.69 Å². The van der Waals surface area contributed by atoms with Crippen molar-refractivity contribution in [1.29, 1.82) is 10.5 Å². The fourth-order valence-corrected chi connectivity index (χ4v) is 3.15. The van der Waals surface area contributed by atoms with Gasteiger partial charge < -0.3 is 9.31 Å². The number of fused-ring (bicyclic) bond motifs is 2. The van der Waals surface area contributed by atoms with E-state index in [1.54, 1.807) is 24.3 Å². The average Bonchev–Trinajstić information content (AvgIpc) is 2.74. The normalized spacial score (nSPS) is 10.1. The third-order valence-electron chi connectivity index (χ3n) is 4.44. The Bertz CT molecular complexity index is 1140. The molecule has 0 radical (unpaired) electrons. The average molecular weight is 348 g/mol. The zero-order valence-corrected chi connectivity index (χ0v) is 14.3. The van der Waals surface area contributed by atoms with Gasteiger partial charge in [0.2, 0.25) is 0 Å². The molecular formula is C22H13BN2O2. The lowest BCUT2D eigenvalue weighted by Crippen LogP contribution is -2.11. The van der Waals surface area contributed by atoms with E-state index in [2.05, 4.69) is 12.1 Å². The predicted octanol–water partition coefficient (Wildman–Crippen LogP) is 4.46. The van der Waals surface area contributed by atoms with Gasteiger partial charge in [-0.15, -0.1) is 0 Å². The second kappa shape index (κ2) is 7.11. The minimum absolute atomic E-state index is 0.0196. The van der Waals surface area contributed by atoms with Crippen LogP contribution in [0.15, 0.2) is 72.8 Å². The van der Waals surface area contributed by atoms with Crippen LogP contribution in [0.4, 0.5) is 0 Å². The molecule has 4 aromatic carbocycles. The molecule has 126 valence electrons. The summed E-state index contributed by atoms with van der Waals surface area (Å²) in [6, 6.07) is 26.7. The standard InChI is InChI=1S/C22H13BN2O2/c24-13-15-9-11-21(19-7-3-1-5-17(15)19)26-23-27-22-12-10-16(14-25)18-6-2-4-8-20(18)22/h1-12,23H. The van der Waals surface area contributed by atoms with E-state index in [0.29, 0.717) is 22.6 Å². The lowest BCUT2D eigenvalue weighted by atomic mass is 10.0. The van der Waals surface area contributed by atoms with Gasteiger partial charge in [0.1, 0.15) is 11.5 Å². The molecule has 0 aliphatic rings. The van der Waals surface area contributed by atoms with Crippen molar-refractivity contribution in [2.45, 2.75) is 0 Å². The summed E-state index contributed by atoms with van der Waals surface area (Å²) in [5, 5.41) is 21.9. The molecule has 0 saturated carbocycles. The van der Waals surface area contributed by atoms with Crippen LogP contribution in [0.25, 0.3) is 21.5 Å². The van der Waals surface area contributed by atoms with Gasteiger partial charge in [-0.3, -0.25) is 0 Å². The van der Waals surface area contributed by atoms with E-state index < -0.39 is 0 Å². The molecule has 0 fully saturated rings. The van der Waals surface area contributed by atoms with E-state index in [1.165, 1.54) is 0 Å². The molecule has 0 amide bonds. The van der Waals surface area contributed by atoms with Crippen molar-refractivity contribution in [1.82, 2.24) is 0 Å². The Labute approximate surface area is 157 Å². The van der Waals surface area contributed by atoms with Crippen molar-refractivity contribution < 1.29 is 9.31 Å². The van der Waals surface area contributed by atoms with Crippen molar-refractivity contribution in [2.75, 3.05) is 0 Å². The maximum absolute atomic E-state index is 9.26. The largest absolute Gasteiger partial charge is 0.576 e. The summed E-state index contributed by atoms with van der Waals surface area (Å²) in [5.74, 6) is 1.31. The molecular weight excluding hydrogens is 335 g/mol. The Morgan fingerprint density at radius 1 is 0.556 bits per heavy atom. The number of benzene rings is 4. The first-order valence-corrected chi connectivity index (χ1v) is 8.41. The van der Waals surface area contributed by atoms with Gasteiger partial charge in [0.25, 0.3) is 0 Å². The van der Waals surface area contributed by atoms with Crippen molar-refractivity contribution in [3.05, 3.63) is 83.9 Å². The van der Waals surface area contributed by atoms with E-state index in [-0.39, 0.29) is 7.69 Å². The first-order valence-electron chi connectivity index (χ1n) is 8.41. The van der Waals surface area contributed by atoms with Gasteiger partial charge in [-0.25, -0.2) is 0 Å². The van der Waals surface area contributed by atoms with Crippen molar-refractivity contribution >= 4 is 29.2 Å². The van der Waals surface area contributed by atoms with Gasteiger partial charge in [-0.1, -0.05) is 48.5 Å². The Balaban J connectivity index is 1.60. The zero-order valence-electron chi connectivity index (χ0n) is 14.3. The summed E-state index contributed by atoms with van der Waals surface area (Å²) in [6.45, 7) is 0. The first kappa shape index (κ1) is 16.5. The van der Waals surface area contributed by atoms with Gasteiger partial charge in [-0.05, 0) is 24.3 Å². The van der Waals surface area contributed by atoms with Gasteiger partial charge in [0.05, 0.1) is 23.3 Å². The van der Waals surface area contributed by atoms with Crippen molar-refractivity contribution in [3.8, 4) is 23.6 Å². The van der Waals surface area contributed by atoms with Gasteiger partial charge in [0, 0.05) is 21.5 Å². The fourth-order valence-electron chi connectivity index (χ4n) is 3.15. The quantitative estimate of drug-likeness (QED) is 0.511. The predicted molar refractivity (Wildman–Crippen MR) is 106 cm³/mol. The van der Waals surface area contributed by atoms with E-state index in [1.807, 2.05) is 48.5 Å². The van der Waals surface area contributed by atoms with Crippen molar-refractivity contribution in [2.24, 2.45) is 0 Å². The molecule has 27 heavy (non-hydrogen) atoms. The topological polar surface area (TPSA) is 66.0 Å². The van der Waals surface area contributed by atoms with Crippen LogP contribution in [-0.4, -0.2) is 7.69 Å². The Kier molecular flexibility index (Phi) is 4.35. The molecule has 0 N–H and O–H groups in total.